The molecule has 1 aromatic heterocycles. The van der Waals surface area contributed by atoms with Crippen LogP contribution in [0.4, 0.5) is 5.82 Å². The molecule has 1 fully saturated rings. The molecule has 15 heavy (non-hydrogen) atoms. The first-order valence-corrected chi connectivity index (χ1v) is 4.91. The summed E-state index contributed by atoms with van der Waals surface area (Å²) in [6, 6.07) is 0. The van der Waals surface area contributed by atoms with Gasteiger partial charge in [0.05, 0.1) is 16.9 Å². The van der Waals surface area contributed by atoms with Gasteiger partial charge in [-0.3, -0.25) is 9.48 Å². The number of nitrogens with zero attached hydrogens (tertiary/aromatic N) is 3. The van der Waals surface area contributed by atoms with E-state index in [0.29, 0.717) is 18.7 Å². The first-order chi connectivity index (χ1) is 6.94. The normalized spacial score (nSPS) is 18.8. The Bertz CT molecular complexity index is 401. The van der Waals surface area contributed by atoms with Gasteiger partial charge < -0.3 is 10.0 Å². The van der Waals surface area contributed by atoms with E-state index >= 15 is 0 Å². The van der Waals surface area contributed by atoms with Gasteiger partial charge in [0.1, 0.15) is 5.82 Å². The standard InChI is InChI=1S/C10H15N3O2/c1-7-8(4-14)9(12(3)11-7)13-5-10(2,15)6-13/h4,15H,5-6H2,1-3H3. The van der Waals surface area contributed by atoms with Crippen LogP contribution >= 0.6 is 0 Å². The molecule has 1 aromatic rings. The van der Waals surface area contributed by atoms with Crippen molar-refractivity contribution >= 4 is 12.1 Å². The SMILES string of the molecule is Cc1nn(C)c(N2CC(C)(O)C2)c1C=O. The molecule has 1 saturated heterocycles. The molecule has 0 aliphatic carbocycles. The number of aryl methyl sites for hydroxylation is 2. The van der Waals surface area contributed by atoms with Crippen LogP contribution in [0.25, 0.3) is 0 Å². The highest BCUT2D eigenvalue weighted by Crippen LogP contribution is 2.30. The second kappa shape index (κ2) is 3.06. The highest BCUT2D eigenvalue weighted by atomic mass is 16.3. The Labute approximate surface area is 88.3 Å². The van der Waals surface area contributed by atoms with Gasteiger partial charge in [-0.2, -0.15) is 5.10 Å². The predicted molar refractivity (Wildman–Crippen MR) is 56.2 cm³/mol. The van der Waals surface area contributed by atoms with E-state index < -0.39 is 5.60 Å². The third-order valence-electron chi connectivity index (χ3n) is 2.72. The number of aliphatic hydroxyl groups is 1. The number of hydrogen-bond acceptors (Lipinski definition) is 4. The second-order valence-electron chi connectivity index (χ2n) is 4.42. The molecule has 0 aromatic carbocycles. The number of aromatic nitrogens is 2. The lowest BCUT2D eigenvalue weighted by Crippen LogP contribution is -2.60. The molecule has 2 heterocycles. The summed E-state index contributed by atoms with van der Waals surface area (Å²) >= 11 is 0. The number of rotatable bonds is 2. The van der Waals surface area contributed by atoms with Crippen LogP contribution in [0.5, 0.6) is 0 Å². The molecular formula is C10H15N3O2. The van der Waals surface area contributed by atoms with Crippen LogP contribution in [0.3, 0.4) is 0 Å². The van der Waals surface area contributed by atoms with Crippen molar-refractivity contribution < 1.29 is 9.90 Å². The average molecular weight is 209 g/mol. The van der Waals surface area contributed by atoms with Crippen LogP contribution in [-0.4, -0.2) is 39.9 Å². The predicted octanol–water partition coefficient (Wildman–Crippen LogP) is 0.112. The van der Waals surface area contributed by atoms with E-state index in [1.54, 1.807) is 11.6 Å². The molecular weight excluding hydrogens is 194 g/mol. The molecule has 0 atom stereocenters. The fourth-order valence-corrected chi connectivity index (χ4v) is 2.10. The monoisotopic (exact) mass is 209 g/mol. The minimum absolute atomic E-state index is 0.548. The van der Waals surface area contributed by atoms with Crippen molar-refractivity contribution in [2.45, 2.75) is 19.4 Å². The van der Waals surface area contributed by atoms with Crippen LogP contribution in [0.1, 0.15) is 23.0 Å². The first-order valence-electron chi connectivity index (χ1n) is 4.91. The van der Waals surface area contributed by atoms with Crippen LogP contribution < -0.4 is 4.90 Å². The van der Waals surface area contributed by atoms with Gasteiger partial charge in [0.15, 0.2) is 6.29 Å². The molecule has 5 heteroatoms. The van der Waals surface area contributed by atoms with E-state index in [1.165, 1.54) is 0 Å². The Balaban J connectivity index is 2.33. The molecule has 1 aliphatic rings. The van der Waals surface area contributed by atoms with E-state index in [4.69, 9.17) is 0 Å². The Hall–Kier alpha value is -1.36. The molecule has 0 amide bonds. The van der Waals surface area contributed by atoms with E-state index in [1.807, 2.05) is 18.9 Å². The molecule has 2 rings (SSSR count). The van der Waals surface area contributed by atoms with E-state index in [0.717, 1.165) is 17.8 Å². The molecule has 0 saturated carbocycles. The summed E-state index contributed by atoms with van der Waals surface area (Å²) in [4.78, 5) is 12.9. The molecule has 1 N–H and O–H groups in total. The molecule has 0 radical (unpaired) electrons. The number of aldehydes is 1. The maximum atomic E-state index is 10.9. The maximum absolute atomic E-state index is 10.9. The van der Waals surface area contributed by atoms with Crippen molar-refractivity contribution in [2.75, 3.05) is 18.0 Å². The van der Waals surface area contributed by atoms with Crippen molar-refractivity contribution in [3.63, 3.8) is 0 Å². The number of carbonyl (C=O) groups is 1. The smallest absolute Gasteiger partial charge is 0.155 e. The van der Waals surface area contributed by atoms with Gasteiger partial charge in [0.2, 0.25) is 0 Å². The minimum Gasteiger partial charge on any atom is -0.386 e. The fraction of sp³-hybridized carbons (Fsp3) is 0.600. The van der Waals surface area contributed by atoms with Crippen molar-refractivity contribution in [3.05, 3.63) is 11.3 Å². The Morgan fingerprint density at radius 2 is 2.13 bits per heavy atom. The van der Waals surface area contributed by atoms with Crippen molar-refractivity contribution in [2.24, 2.45) is 7.05 Å². The summed E-state index contributed by atoms with van der Waals surface area (Å²) in [5.74, 6) is 0.800. The number of hydrogen-bond donors (Lipinski definition) is 1. The molecule has 82 valence electrons. The average Bonchev–Trinajstić information content (AvgIpc) is 2.35. The van der Waals surface area contributed by atoms with Gasteiger partial charge in [0.25, 0.3) is 0 Å². The zero-order valence-electron chi connectivity index (χ0n) is 9.19. The highest BCUT2D eigenvalue weighted by molar-refractivity contribution is 5.85. The molecule has 0 spiro atoms. The van der Waals surface area contributed by atoms with Gasteiger partial charge in [-0.25, -0.2) is 0 Å². The van der Waals surface area contributed by atoms with Crippen LogP contribution in [-0.2, 0) is 7.05 Å². The summed E-state index contributed by atoms with van der Waals surface area (Å²) in [6.07, 6.45) is 0.824. The Morgan fingerprint density at radius 3 is 2.60 bits per heavy atom. The summed E-state index contributed by atoms with van der Waals surface area (Å²) in [5, 5.41) is 13.8. The van der Waals surface area contributed by atoms with Crippen LogP contribution in [0, 0.1) is 6.92 Å². The summed E-state index contributed by atoms with van der Waals surface area (Å²) < 4.78 is 1.69. The van der Waals surface area contributed by atoms with Gasteiger partial charge >= 0.3 is 0 Å². The van der Waals surface area contributed by atoms with E-state index in [-0.39, 0.29) is 0 Å². The van der Waals surface area contributed by atoms with Crippen molar-refractivity contribution in [1.82, 2.24) is 9.78 Å². The largest absolute Gasteiger partial charge is 0.386 e. The third kappa shape index (κ3) is 1.52. The van der Waals surface area contributed by atoms with E-state index in [9.17, 15) is 9.90 Å². The third-order valence-corrected chi connectivity index (χ3v) is 2.72. The maximum Gasteiger partial charge on any atom is 0.155 e. The highest BCUT2D eigenvalue weighted by Gasteiger charge is 2.39. The summed E-state index contributed by atoms with van der Waals surface area (Å²) in [6.45, 7) is 4.69. The number of anilines is 1. The van der Waals surface area contributed by atoms with Crippen LogP contribution in [0.2, 0.25) is 0 Å². The van der Waals surface area contributed by atoms with Crippen molar-refractivity contribution in [3.8, 4) is 0 Å². The second-order valence-corrected chi connectivity index (χ2v) is 4.42. The van der Waals surface area contributed by atoms with Gasteiger partial charge in [-0.1, -0.05) is 0 Å². The zero-order valence-corrected chi connectivity index (χ0v) is 9.19. The number of β-amino-alcohol motifs (C(OH)–C–C–N with tert-alkyl or cyclic N) is 1. The quantitative estimate of drug-likeness (QED) is 0.702. The van der Waals surface area contributed by atoms with Gasteiger partial charge in [-0.05, 0) is 13.8 Å². The summed E-state index contributed by atoms with van der Waals surface area (Å²) in [5.41, 5.74) is 0.709. The zero-order chi connectivity index (χ0) is 11.2. The van der Waals surface area contributed by atoms with Gasteiger partial charge in [0, 0.05) is 20.1 Å². The lowest BCUT2D eigenvalue weighted by molar-refractivity contribution is 0.0300. The first kappa shape index (κ1) is 10.2. The Morgan fingerprint density at radius 1 is 1.53 bits per heavy atom. The minimum atomic E-state index is -0.641. The fourth-order valence-electron chi connectivity index (χ4n) is 2.10. The molecule has 0 bridgehead atoms. The molecule has 1 aliphatic heterocycles. The number of carbonyl (C=O) groups excluding carboxylic acids is 1. The van der Waals surface area contributed by atoms with E-state index in [2.05, 4.69) is 5.10 Å². The summed E-state index contributed by atoms with van der Waals surface area (Å²) in [7, 11) is 1.81. The lowest BCUT2D eigenvalue weighted by atomic mass is 9.96. The molecule has 0 unspecified atom stereocenters. The topological polar surface area (TPSA) is 58.4 Å². The van der Waals surface area contributed by atoms with Gasteiger partial charge in [-0.15, -0.1) is 0 Å². The van der Waals surface area contributed by atoms with Crippen LogP contribution in [0.15, 0.2) is 0 Å². The molecule has 5 nitrogen and oxygen atoms in total. The Kier molecular flexibility index (Phi) is 2.08. The van der Waals surface area contributed by atoms with Crippen molar-refractivity contribution in [1.29, 1.82) is 0 Å². The lowest BCUT2D eigenvalue weighted by Gasteiger charge is -2.45.